The summed E-state index contributed by atoms with van der Waals surface area (Å²) in [6, 6.07) is 11.4. The lowest BCUT2D eigenvalue weighted by Crippen LogP contribution is -2.35. The normalized spacial score (nSPS) is 32.9. The summed E-state index contributed by atoms with van der Waals surface area (Å²) < 4.78 is 0. The third kappa shape index (κ3) is 2.40. The summed E-state index contributed by atoms with van der Waals surface area (Å²) in [6.07, 6.45) is 5.99. The van der Waals surface area contributed by atoms with E-state index in [0.29, 0.717) is 6.04 Å². The van der Waals surface area contributed by atoms with Crippen LogP contribution >= 0.6 is 0 Å². The summed E-state index contributed by atoms with van der Waals surface area (Å²) in [6.45, 7) is 3.41. The van der Waals surface area contributed by atoms with Gasteiger partial charge in [0.15, 0.2) is 0 Å². The van der Waals surface area contributed by atoms with Crippen molar-refractivity contribution in [2.45, 2.75) is 45.2 Å². The summed E-state index contributed by atoms with van der Waals surface area (Å²) in [5.74, 6) is 3.03. The molecule has 4 atom stereocenters. The Morgan fingerprint density at radius 2 is 2.00 bits per heavy atom. The number of hydrogen-bond acceptors (Lipinski definition) is 1. The molecule has 0 heterocycles. The van der Waals surface area contributed by atoms with Gasteiger partial charge in [-0.25, -0.2) is 0 Å². The van der Waals surface area contributed by atoms with Crippen LogP contribution in [0.15, 0.2) is 30.3 Å². The summed E-state index contributed by atoms with van der Waals surface area (Å²) in [5.41, 5.74) is 1.41. The number of fused-ring (bicyclic) bond motifs is 2. The summed E-state index contributed by atoms with van der Waals surface area (Å²) in [7, 11) is 0. The molecule has 92 valence electrons. The van der Waals surface area contributed by atoms with E-state index in [2.05, 4.69) is 42.6 Å². The first-order valence-electron chi connectivity index (χ1n) is 7.10. The molecule has 3 rings (SSSR count). The molecule has 1 aromatic carbocycles. The maximum Gasteiger partial charge on any atom is 0.0208 e. The van der Waals surface area contributed by atoms with Crippen molar-refractivity contribution >= 4 is 0 Å². The van der Waals surface area contributed by atoms with E-state index in [1.54, 1.807) is 0 Å². The van der Waals surface area contributed by atoms with Crippen LogP contribution in [0.2, 0.25) is 0 Å². The lowest BCUT2D eigenvalue weighted by atomic mass is 9.84. The highest BCUT2D eigenvalue weighted by molar-refractivity contribution is 5.14. The van der Waals surface area contributed by atoms with E-state index in [1.165, 1.54) is 31.2 Å². The molecular weight excluding hydrogens is 206 g/mol. The van der Waals surface area contributed by atoms with Crippen molar-refractivity contribution in [2.75, 3.05) is 0 Å². The van der Waals surface area contributed by atoms with Gasteiger partial charge in [0.05, 0.1) is 0 Å². The van der Waals surface area contributed by atoms with Crippen molar-refractivity contribution in [3.05, 3.63) is 35.9 Å². The standard InChI is InChI=1S/C16H23N/c1-12(16-10-14-7-8-15(16)9-14)17-11-13-5-3-2-4-6-13/h2-6,12,14-17H,7-11H2,1H3/t12-,14+,15+,16-/m1/s1. The minimum absolute atomic E-state index is 0.686. The van der Waals surface area contributed by atoms with Crippen LogP contribution in [0.3, 0.4) is 0 Å². The van der Waals surface area contributed by atoms with Crippen LogP contribution in [0, 0.1) is 17.8 Å². The Morgan fingerprint density at radius 1 is 1.18 bits per heavy atom. The van der Waals surface area contributed by atoms with Gasteiger partial charge in [-0.3, -0.25) is 0 Å². The van der Waals surface area contributed by atoms with Crippen molar-refractivity contribution in [3.63, 3.8) is 0 Å². The predicted molar refractivity (Wildman–Crippen MR) is 71.7 cm³/mol. The van der Waals surface area contributed by atoms with Crippen LogP contribution in [0.25, 0.3) is 0 Å². The lowest BCUT2D eigenvalue weighted by Gasteiger charge is -2.28. The molecule has 0 saturated heterocycles. The molecule has 1 aromatic rings. The largest absolute Gasteiger partial charge is 0.310 e. The third-order valence-electron chi connectivity index (χ3n) is 4.91. The Bertz CT molecular complexity index is 359. The highest BCUT2D eigenvalue weighted by Crippen LogP contribution is 2.49. The molecule has 2 bridgehead atoms. The molecule has 2 saturated carbocycles. The van der Waals surface area contributed by atoms with Gasteiger partial charge in [-0.05, 0) is 49.5 Å². The van der Waals surface area contributed by atoms with Crippen LogP contribution in [0.1, 0.15) is 38.2 Å². The molecular formula is C16H23N. The average molecular weight is 229 g/mol. The first-order valence-corrected chi connectivity index (χ1v) is 7.10. The van der Waals surface area contributed by atoms with Gasteiger partial charge < -0.3 is 5.32 Å². The molecule has 2 fully saturated rings. The summed E-state index contributed by atoms with van der Waals surface area (Å²) in [5, 5.41) is 3.73. The molecule has 0 aromatic heterocycles. The van der Waals surface area contributed by atoms with Crippen LogP contribution in [0.4, 0.5) is 0 Å². The van der Waals surface area contributed by atoms with Gasteiger partial charge in [0, 0.05) is 12.6 Å². The molecule has 2 aliphatic carbocycles. The van der Waals surface area contributed by atoms with E-state index < -0.39 is 0 Å². The van der Waals surface area contributed by atoms with Gasteiger partial charge in [0.25, 0.3) is 0 Å². The Kier molecular flexibility index (Phi) is 3.19. The molecule has 1 nitrogen and oxygen atoms in total. The van der Waals surface area contributed by atoms with Crippen molar-refractivity contribution in [3.8, 4) is 0 Å². The van der Waals surface area contributed by atoms with E-state index in [4.69, 9.17) is 0 Å². The SMILES string of the molecule is C[C@@H](NCc1ccccc1)[C@H]1C[C@H]2CC[C@H]1C2. The van der Waals surface area contributed by atoms with E-state index in [9.17, 15) is 0 Å². The Hall–Kier alpha value is -0.820. The number of nitrogens with one attached hydrogen (secondary N) is 1. The van der Waals surface area contributed by atoms with E-state index >= 15 is 0 Å². The number of hydrogen-bond donors (Lipinski definition) is 1. The topological polar surface area (TPSA) is 12.0 Å². The highest BCUT2D eigenvalue weighted by atomic mass is 14.9. The molecule has 0 unspecified atom stereocenters. The van der Waals surface area contributed by atoms with Gasteiger partial charge >= 0.3 is 0 Å². The van der Waals surface area contributed by atoms with Crippen LogP contribution < -0.4 is 5.32 Å². The van der Waals surface area contributed by atoms with Crippen LogP contribution in [0.5, 0.6) is 0 Å². The second kappa shape index (κ2) is 4.81. The lowest BCUT2D eigenvalue weighted by molar-refractivity contribution is 0.259. The van der Waals surface area contributed by atoms with Crippen LogP contribution in [-0.2, 0) is 6.54 Å². The van der Waals surface area contributed by atoms with Crippen LogP contribution in [-0.4, -0.2) is 6.04 Å². The van der Waals surface area contributed by atoms with Gasteiger partial charge in [0.2, 0.25) is 0 Å². The maximum atomic E-state index is 3.73. The van der Waals surface area contributed by atoms with Crippen molar-refractivity contribution < 1.29 is 0 Å². The highest BCUT2D eigenvalue weighted by Gasteiger charge is 2.41. The first kappa shape index (κ1) is 11.3. The number of rotatable bonds is 4. The smallest absolute Gasteiger partial charge is 0.0208 e. The van der Waals surface area contributed by atoms with E-state index in [-0.39, 0.29) is 0 Å². The Balaban J connectivity index is 1.52. The fraction of sp³-hybridized carbons (Fsp3) is 0.625. The third-order valence-corrected chi connectivity index (χ3v) is 4.91. The Labute approximate surface area is 105 Å². The molecule has 0 aliphatic heterocycles. The fourth-order valence-corrected chi connectivity index (χ4v) is 3.93. The summed E-state index contributed by atoms with van der Waals surface area (Å²) in [4.78, 5) is 0. The molecule has 17 heavy (non-hydrogen) atoms. The average Bonchev–Trinajstić information content (AvgIpc) is 2.99. The molecule has 0 amide bonds. The van der Waals surface area contributed by atoms with E-state index in [0.717, 1.165) is 24.3 Å². The van der Waals surface area contributed by atoms with E-state index in [1.807, 2.05) is 0 Å². The fourth-order valence-electron chi connectivity index (χ4n) is 3.93. The summed E-state index contributed by atoms with van der Waals surface area (Å²) >= 11 is 0. The van der Waals surface area contributed by atoms with Crippen molar-refractivity contribution in [1.82, 2.24) is 5.32 Å². The molecule has 0 spiro atoms. The first-order chi connectivity index (χ1) is 8.33. The zero-order valence-electron chi connectivity index (χ0n) is 10.7. The van der Waals surface area contributed by atoms with Gasteiger partial charge in [-0.15, -0.1) is 0 Å². The van der Waals surface area contributed by atoms with Gasteiger partial charge in [0.1, 0.15) is 0 Å². The molecule has 1 heteroatoms. The minimum atomic E-state index is 0.686. The molecule has 2 aliphatic rings. The quantitative estimate of drug-likeness (QED) is 0.832. The predicted octanol–water partition coefficient (Wildman–Crippen LogP) is 3.60. The van der Waals surface area contributed by atoms with Gasteiger partial charge in [-0.1, -0.05) is 36.8 Å². The monoisotopic (exact) mass is 229 g/mol. The molecule has 0 radical (unpaired) electrons. The Morgan fingerprint density at radius 3 is 2.65 bits per heavy atom. The second-order valence-corrected chi connectivity index (χ2v) is 5.99. The van der Waals surface area contributed by atoms with Crippen molar-refractivity contribution in [2.24, 2.45) is 17.8 Å². The second-order valence-electron chi connectivity index (χ2n) is 5.99. The zero-order chi connectivity index (χ0) is 11.7. The molecule has 1 N–H and O–H groups in total. The number of benzene rings is 1. The van der Waals surface area contributed by atoms with Gasteiger partial charge in [-0.2, -0.15) is 0 Å². The van der Waals surface area contributed by atoms with Crippen molar-refractivity contribution in [1.29, 1.82) is 0 Å². The zero-order valence-corrected chi connectivity index (χ0v) is 10.7. The maximum absolute atomic E-state index is 3.73. The minimum Gasteiger partial charge on any atom is -0.310 e.